The third-order valence-corrected chi connectivity index (χ3v) is 3.75. The number of amides is 2. The molecule has 0 aliphatic carbocycles. The molecule has 2 unspecified atom stereocenters. The van der Waals surface area contributed by atoms with Crippen molar-refractivity contribution in [3.63, 3.8) is 0 Å². The van der Waals surface area contributed by atoms with Crippen molar-refractivity contribution in [1.29, 1.82) is 0 Å². The Morgan fingerprint density at radius 3 is 3.05 bits per heavy atom. The summed E-state index contributed by atoms with van der Waals surface area (Å²) in [5, 5.41) is 9.69. The quantitative estimate of drug-likeness (QED) is 0.753. The molecule has 8 nitrogen and oxygen atoms in total. The zero-order valence-corrected chi connectivity index (χ0v) is 11.3. The van der Waals surface area contributed by atoms with Gasteiger partial charge in [0.15, 0.2) is 0 Å². The molecule has 0 aromatic carbocycles. The number of nitrogens with zero attached hydrogens (tertiary/aromatic N) is 3. The van der Waals surface area contributed by atoms with Gasteiger partial charge in [-0.15, -0.1) is 0 Å². The molecule has 8 heteroatoms. The van der Waals surface area contributed by atoms with Crippen LogP contribution in [-0.2, 0) is 4.79 Å². The average Bonchev–Trinajstić information content (AvgIpc) is 3.11. The standard InChI is InChI=1S/C12H17N5O3/c1-7-10(18)14-5-6-17(7)12(19)9-15-11(20-16-9)8-3-2-4-13-8/h7-8,13H,2-6H2,1H3,(H,14,18). The summed E-state index contributed by atoms with van der Waals surface area (Å²) in [6, 6.07) is -0.478. The second kappa shape index (κ2) is 5.20. The zero-order chi connectivity index (χ0) is 14.1. The van der Waals surface area contributed by atoms with E-state index >= 15 is 0 Å². The fourth-order valence-corrected chi connectivity index (χ4v) is 2.55. The van der Waals surface area contributed by atoms with Gasteiger partial charge in [-0.2, -0.15) is 4.98 Å². The number of hydrogen-bond donors (Lipinski definition) is 2. The summed E-state index contributed by atoms with van der Waals surface area (Å²) in [5.74, 6) is -0.0543. The van der Waals surface area contributed by atoms with Gasteiger partial charge in [0.1, 0.15) is 6.04 Å². The highest BCUT2D eigenvalue weighted by Crippen LogP contribution is 2.21. The topological polar surface area (TPSA) is 100 Å². The van der Waals surface area contributed by atoms with E-state index in [9.17, 15) is 9.59 Å². The lowest BCUT2D eigenvalue weighted by Crippen LogP contribution is -2.56. The first-order valence-electron chi connectivity index (χ1n) is 6.82. The largest absolute Gasteiger partial charge is 0.353 e. The van der Waals surface area contributed by atoms with Crippen LogP contribution in [0.15, 0.2) is 4.52 Å². The predicted octanol–water partition coefficient (Wildman–Crippen LogP) is -0.545. The smallest absolute Gasteiger partial charge is 0.295 e. The Morgan fingerprint density at radius 2 is 2.30 bits per heavy atom. The van der Waals surface area contributed by atoms with Crippen molar-refractivity contribution in [3.05, 3.63) is 11.7 Å². The maximum atomic E-state index is 12.3. The van der Waals surface area contributed by atoms with E-state index in [4.69, 9.17) is 4.52 Å². The molecule has 2 N–H and O–H groups in total. The van der Waals surface area contributed by atoms with Crippen LogP contribution >= 0.6 is 0 Å². The van der Waals surface area contributed by atoms with Gasteiger partial charge in [0.2, 0.25) is 11.8 Å². The fraction of sp³-hybridized carbons (Fsp3) is 0.667. The SMILES string of the molecule is CC1C(=O)NCCN1C(=O)c1noc(C2CCCN2)n1. The zero-order valence-electron chi connectivity index (χ0n) is 11.3. The lowest BCUT2D eigenvalue weighted by molar-refractivity contribution is -0.127. The Balaban J connectivity index is 1.75. The number of aromatic nitrogens is 2. The Kier molecular flexibility index (Phi) is 3.39. The Bertz CT molecular complexity index is 523. The van der Waals surface area contributed by atoms with Gasteiger partial charge in [-0.3, -0.25) is 9.59 Å². The van der Waals surface area contributed by atoms with E-state index in [1.165, 1.54) is 4.90 Å². The summed E-state index contributed by atoms with van der Waals surface area (Å²) in [6.07, 6.45) is 1.98. The van der Waals surface area contributed by atoms with Gasteiger partial charge in [0.05, 0.1) is 6.04 Å². The number of piperazine rings is 1. The molecule has 2 saturated heterocycles. The van der Waals surface area contributed by atoms with Gasteiger partial charge in [0.25, 0.3) is 11.7 Å². The maximum Gasteiger partial charge on any atom is 0.295 e. The lowest BCUT2D eigenvalue weighted by Gasteiger charge is -2.31. The van der Waals surface area contributed by atoms with E-state index in [2.05, 4.69) is 20.8 Å². The molecule has 1 aromatic heterocycles. The van der Waals surface area contributed by atoms with Crippen LogP contribution < -0.4 is 10.6 Å². The minimum atomic E-state index is -0.511. The fourth-order valence-electron chi connectivity index (χ4n) is 2.55. The van der Waals surface area contributed by atoms with Crippen LogP contribution in [0.5, 0.6) is 0 Å². The Labute approximate surface area is 115 Å². The molecule has 2 aliphatic rings. The molecule has 2 atom stereocenters. The van der Waals surface area contributed by atoms with Crippen LogP contribution in [0.1, 0.15) is 42.3 Å². The number of rotatable bonds is 2. The van der Waals surface area contributed by atoms with E-state index in [1.54, 1.807) is 6.92 Å². The normalized spacial score (nSPS) is 26.6. The van der Waals surface area contributed by atoms with Crippen LogP contribution in [0.2, 0.25) is 0 Å². The van der Waals surface area contributed by atoms with Crippen LogP contribution in [0, 0.1) is 0 Å². The molecule has 0 saturated carbocycles. The molecule has 3 rings (SSSR count). The lowest BCUT2D eigenvalue weighted by atomic mass is 10.2. The summed E-state index contributed by atoms with van der Waals surface area (Å²) < 4.78 is 5.15. The number of nitrogens with one attached hydrogen (secondary N) is 2. The van der Waals surface area contributed by atoms with Crippen LogP contribution in [0.3, 0.4) is 0 Å². The molecule has 3 heterocycles. The van der Waals surface area contributed by atoms with Gasteiger partial charge in [-0.05, 0) is 26.3 Å². The van der Waals surface area contributed by atoms with Crippen molar-refractivity contribution in [1.82, 2.24) is 25.7 Å². The van der Waals surface area contributed by atoms with Gasteiger partial charge in [-0.25, -0.2) is 0 Å². The molecule has 0 radical (unpaired) electrons. The van der Waals surface area contributed by atoms with Gasteiger partial charge < -0.3 is 20.1 Å². The van der Waals surface area contributed by atoms with Crippen molar-refractivity contribution in [2.75, 3.05) is 19.6 Å². The van der Waals surface area contributed by atoms with E-state index in [0.29, 0.717) is 19.0 Å². The third kappa shape index (κ3) is 2.26. The first-order valence-corrected chi connectivity index (χ1v) is 6.82. The first-order chi connectivity index (χ1) is 9.66. The predicted molar refractivity (Wildman–Crippen MR) is 67.8 cm³/mol. The minimum Gasteiger partial charge on any atom is -0.353 e. The molecule has 2 aliphatic heterocycles. The molecular formula is C12H17N5O3. The van der Waals surface area contributed by atoms with Gasteiger partial charge >= 0.3 is 0 Å². The summed E-state index contributed by atoms with van der Waals surface area (Å²) in [7, 11) is 0. The summed E-state index contributed by atoms with van der Waals surface area (Å²) in [6.45, 7) is 3.51. The van der Waals surface area contributed by atoms with Gasteiger partial charge in [0, 0.05) is 13.1 Å². The molecule has 0 spiro atoms. The second-order valence-corrected chi connectivity index (χ2v) is 5.07. The molecular weight excluding hydrogens is 262 g/mol. The van der Waals surface area contributed by atoms with Crippen molar-refractivity contribution in [3.8, 4) is 0 Å². The third-order valence-electron chi connectivity index (χ3n) is 3.75. The molecule has 2 fully saturated rings. The highest BCUT2D eigenvalue weighted by Gasteiger charge is 2.33. The summed E-state index contributed by atoms with van der Waals surface area (Å²) >= 11 is 0. The number of hydrogen-bond acceptors (Lipinski definition) is 6. The van der Waals surface area contributed by atoms with Crippen molar-refractivity contribution in [2.24, 2.45) is 0 Å². The highest BCUT2D eigenvalue weighted by molar-refractivity contribution is 5.95. The highest BCUT2D eigenvalue weighted by atomic mass is 16.5. The number of carbonyl (C=O) groups excluding carboxylic acids is 2. The summed E-state index contributed by atoms with van der Waals surface area (Å²) in [4.78, 5) is 29.5. The van der Waals surface area contributed by atoms with Crippen molar-refractivity contribution < 1.29 is 14.1 Å². The van der Waals surface area contributed by atoms with Crippen LogP contribution in [0.25, 0.3) is 0 Å². The van der Waals surface area contributed by atoms with Gasteiger partial charge in [-0.1, -0.05) is 5.16 Å². The molecule has 108 valence electrons. The minimum absolute atomic E-state index is 0.0234. The van der Waals surface area contributed by atoms with E-state index in [1.807, 2.05) is 0 Å². The molecule has 20 heavy (non-hydrogen) atoms. The summed E-state index contributed by atoms with van der Waals surface area (Å²) in [5.41, 5.74) is 0. The van der Waals surface area contributed by atoms with Crippen LogP contribution in [0.4, 0.5) is 0 Å². The van der Waals surface area contributed by atoms with Crippen LogP contribution in [-0.4, -0.2) is 52.5 Å². The number of carbonyl (C=O) groups is 2. The van der Waals surface area contributed by atoms with E-state index in [0.717, 1.165) is 19.4 Å². The molecule has 2 amide bonds. The Morgan fingerprint density at radius 1 is 1.45 bits per heavy atom. The van der Waals surface area contributed by atoms with Crippen molar-refractivity contribution >= 4 is 11.8 Å². The molecule has 1 aromatic rings. The Hall–Kier alpha value is -1.96. The van der Waals surface area contributed by atoms with E-state index in [-0.39, 0.29) is 23.7 Å². The average molecular weight is 279 g/mol. The first kappa shape index (κ1) is 13.0. The molecule has 0 bridgehead atoms. The van der Waals surface area contributed by atoms with Crippen molar-refractivity contribution in [2.45, 2.75) is 31.8 Å². The monoisotopic (exact) mass is 279 g/mol. The maximum absolute atomic E-state index is 12.3. The van der Waals surface area contributed by atoms with E-state index < -0.39 is 6.04 Å². The second-order valence-electron chi connectivity index (χ2n) is 5.07.